The maximum Gasteiger partial charge on any atom is 0.0107 e. The Balaban J connectivity index is 2.17. The number of hydrogen-bond donors (Lipinski definition) is 0. The highest BCUT2D eigenvalue weighted by atomic mass is 15.2. The van der Waals surface area contributed by atoms with Gasteiger partial charge in [-0.15, -0.1) is 0 Å². The summed E-state index contributed by atoms with van der Waals surface area (Å²) in [5.74, 6) is 1.02. The summed E-state index contributed by atoms with van der Waals surface area (Å²) in [6.45, 7) is 5.96. The maximum absolute atomic E-state index is 2.56. The smallest absolute Gasteiger partial charge is 0.0107 e. The van der Waals surface area contributed by atoms with Crippen molar-refractivity contribution in [3.63, 3.8) is 0 Å². The second kappa shape index (κ2) is 10.7. The molecule has 1 fully saturated rings. The molecular formula is C18H37N. The van der Waals surface area contributed by atoms with Gasteiger partial charge in [0.2, 0.25) is 0 Å². The summed E-state index contributed by atoms with van der Waals surface area (Å²) in [7, 11) is 2.30. The van der Waals surface area contributed by atoms with Crippen molar-refractivity contribution in [3.05, 3.63) is 0 Å². The molecule has 1 rings (SSSR count). The zero-order valence-electron chi connectivity index (χ0n) is 13.8. The molecule has 1 heteroatoms. The van der Waals surface area contributed by atoms with E-state index in [1.807, 2.05) is 0 Å². The lowest BCUT2D eigenvalue weighted by Crippen LogP contribution is -2.45. The van der Waals surface area contributed by atoms with Gasteiger partial charge in [0, 0.05) is 6.04 Å². The summed E-state index contributed by atoms with van der Waals surface area (Å²) in [6, 6.07) is 0.919. The number of unbranched alkanes of at least 4 members (excludes halogenated alkanes) is 6. The van der Waals surface area contributed by atoms with Crippen molar-refractivity contribution < 1.29 is 0 Å². The van der Waals surface area contributed by atoms with E-state index >= 15 is 0 Å². The number of nitrogens with zero attached hydrogens (tertiary/aromatic N) is 1. The molecule has 1 aliphatic heterocycles. The summed E-state index contributed by atoms with van der Waals surface area (Å²) in [6.07, 6.45) is 17.4. The fraction of sp³-hybridized carbons (Fsp3) is 1.00. The third-order valence-corrected chi connectivity index (χ3v) is 4.98. The average Bonchev–Trinajstić information content (AvgIpc) is 2.42. The van der Waals surface area contributed by atoms with Crippen molar-refractivity contribution in [1.82, 2.24) is 4.90 Å². The molecule has 114 valence electrons. The van der Waals surface area contributed by atoms with Crippen LogP contribution in [-0.4, -0.2) is 24.5 Å². The van der Waals surface area contributed by atoms with Gasteiger partial charge in [0.05, 0.1) is 0 Å². The number of hydrogen-bond acceptors (Lipinski definition) is 1. The van der Waals surface area contributed by atoms with Crippen LogP contribution in [0.2, 0.25) is 0 Å². The molecule has 0 N–H and O–H groups in total. The molecule has 0 aromatic rings. The molecule has 1 aliphatic rings. The van der Waals surface area contributed by atoms with Crippen molar-refractivity contribution in [2.45, 2.75) is 96.9 Å². The minimum absolute atomic E-state index is 0.919. The third-order valence-electron chi connectivity index (χ3n) is 4.98. The fourth-order valence-corrected chi connectivity index (χ4v) is 3.35. The van der Waals surface area contributed by atoms with E-state index in [4.69, 9.17) is 0 Å². The Labute approximate surface area is 122 Å². The maximum atomic E-state index is 2.56. The second-order valence-electron chi connectivity index (χ2n) is 6.72. The Bertz CT molecular complexity index is 190. The van der Waals surface area contributed by atoms with Crippen molar-refractivity contribution in [2.75, 3.05) is 13.6 Å². The summed E-state index contributed by atoms with van der Waals surface area (Å²) >= 11 is 0. The van der Waals surface area contributed by atoms with Gasteiger partial charge in [-0.2, -0.15) is 0 Å². The molecule has 1 heterocycles. The molecule has 0 amide bonds. The van der Waals surface area contributed by atoms with Crippen molar-refractivity contribution in [1.29, 1.82) is 0 Å². The van der Waals surface area contributed by atoms with E-state index in [0.29, 0.717) is 0 Å². The lowest BCUT2D eigenvalue weighted by atomic mass is 9.85. The van der Waals surface area contributed by atoms with Gasteiger partial charge in [0.15, 0.2) is 0 Å². The highest BCUT2D eigenvalue weighted by Gasteiger charge is 2.26. The van der Waals surface area contributed by atoms with Crippen LogP contribution in [0, 0.1) is 5.92 Å². The van der Waals surface area contributed by atoms with Gasteiger partial charge in [0.25, 0.3) is 0 Å². The number of rotatable bonds is 12. The molecule has 0 aromatic carbocycles. The standard InChI is InChI=1S/C18H37N/c1-4-6-8-10-12-17(13-11-9-7-5-2)16-18-14-15-19(18)3/h17-18H,4-16H2,1-3H3/t18-/m0/s1. The summed E-state index contributed by atoms with van der Waals surface area (Å²) in [4.78, 5) is 2.56. The van der Waals surface area contributed by atoms with E-state index in [9.17, 15) is 0 Å². The molecule has 0 bridgehead atoms. The van der Waals surface area contributed by atoms with Crippen LogP contribution < -0.4 is 0 Å². The Morgan fingerprint density at radius 1 is 0.895 bits per heavy atom. The molecule has 0 spiro atoms. The minimum Gasteiger partial charge on any atom is -0.303 e. The van der Waals surface area contributed by atoms with Crippen molar-refractivity contribution in [3.8, 4) is 0 Å². The Morgan fingerprint density at radius 3 is 1.84 bits per heavy atom. The molecule has 1 saturated heterocycles. The summed E-state index contributed by atoms with van der Waals surface area (Å²) in [5, 5.41) is 0. The number of likely N-dealkylation sites (tertiary alicyclic amines) is 1. The van der Waals surface area contributed by atoms with Gasteiger partial charge >= 0.3 is 0 Å². The van der Waals surface area contributed by atoms with E-state index in [0.717, 1.165) is 12.0 Å². The van der Waals surface area contributed by atoms with Crippen LogP contribution in [0.4, 0.5) is 0 Å². The van der Waals surface area contributed by atoms with Crippen LogP contribution in [0.5, 0.6) is 0 Å². The third kappa shape index (κ3) is 7.34. The van der Waals surface area contributed by atoms with Crippen LogP contribution >= 0.6 is 0 Å². The van der Waals surface area contributed by atoms with E-state index in [-0.39, 0.29) is 0 Å². The van der Waals surface area contributed by atoms with E-state index < -0.39 is 0 Å². The van der Waals surface area contributed by atoms with Crippen molar-refractivity contribution in [2.24, 2.45) is 5.92 Å². The molecule has 0 radical (unpaired) electrons. The molecule has 19 heavy (non-hydrogen) atoms. The van der Waals surface area contributed by atoms with Gasteiger partial charge in [-0.3, -0.25) is 0 Å². The molecule has 0 saturated carbocycles. The first kappa shape index (κ1) is 17.0. The van der Waals surface area contributed by atoms with Gasteiger partial charge in [0.1, 0.15) is 0 Å². The predicted octanol–water partition coefficient (Wildman–Crippen LogP) is 5.64. The van der Waals surface area contributed by atoms with Crippen molar-refractivity contribution >= 4 is 0 Å². The van der Waals surface area contributed by atoms with Crippen LogP contribution in [0.15, 0.2) is 0 Å². The first-order valence-corrected chi connectivity index (χ1v) is 8.98. The normalized spacial score (nSPS) is 19.9. The van der Waals surface area contributed by atoms with Gasteiger partial charge in [-0.25, -0.2) is 0 Å². The zero-order valence-corrected chi connectivity index (χ0v) is 13.8. The fourth-order valence-electron chi connectivity index (χ4n) is 3.35. The first-order chi connectivity index (χ1) is 9.27. The molecule has 1 nitrogen and oxygen atoms in total. The van der Waals surface area contributed by atoms with Crippen LogP contribution in [0.3, 0.4) is 0 Å². The molecule has 0 aliphatic carbocycles. The SMILES string of the molecule is CCCCCCC(CCCCCC)C[C@@H]1CCN1C. The highest BCUT2D eigenvalue weighted by molar-refractivity contribution is 4.82. The Kier molecular flexibility index (Phi) is 9.59. The zero-order chi connectivity index (χ0) is 13.9. The van der Waals surface area contributed by atoms with Crippen LogP contribution in [0.25, 0.3) is 0 Å². The molecule has 1 atom stereocenters. The topological polar surface area (TPSA) is 3.24 Å². The van der Waals surface area contributed by atoms with Gasteiger partial charge in [-0.1, -0.05) is 78.1 Å². The van der Waals surface area contributed by atoms with Crippen LogP contribution in [-0.2, 0) is 0 Å². The summed E-state index contributed by atoms with van der Waals surface area (Å²) in [5.41, 5.74) is 0. The van der Waals surface area contributed by atoms with Gasteiger partial charge in [-0.05, 0) is 32.4 Å². The Hall–Kier alpha value is -0.0400. The predicted molar refractivity (Wildman–Crippen MR) is 86.7 cm³/mol. The lowest BCUT2D eigenvalue weighted by Gasteiger charge is -2.40. The minimum atomic E-state index is 0.919. The van der Waals surface area contributed by atoms with E-state index in [1.165, 1.54) is 83.6 Å². The Morgan fingerprint density at radius 2 is 1.47 bits per heavy atom. The monoisotopic (exact) mass is 267 g/mol. The quantitative estimate of drug-likeness (QED) is 0.414. The highest BCUT2D eigenvalue weighted by Crippen LogP contribution is 2.28. The van der Waals surface area contributed by atoms with Crippen LogP contribution in [0.1, 0.15) is 90.9 Å². The van der Waals surface area contributed by atoms with E-state index in [2.05, 4.69) is 25.8 Å². The molecule has 0 unspecified atom stereocenters. The van der Waals surface area contributed by atoms with Gasteiger partial charge < -0.3 is 4.90 Å². The second-order valence-corrected chi connectivity index (χ2v) is 6.72. The molecular weight excluding hydrogens is 230 g/mol. The van der Waals surface area contributed by atoms with E-state index in [1.54, 1.807) is 0 Å². The average molecular weight is 268 g/mol. The lowest BCUT2D eigenvalue weighted by molar-refractivity contribution is 0.0970. The molecule has 0 aromatic heterocycles. The largest absolute Gasteiger partial charge is 0.303 e. The summed E-state index contributed by atoms with van der Waals surface area (Å²) < 4.78 is 0. The first-order valence-electron chi connectivity index (χ1n) is 8.98.